The van der Waals surface area contributed by atoms with Crippen molar-refractivity contribution in [3.8, 4) is 5.75 Å². The number of thiazole rings is 1. The highest BCUT2D eigenvalue weighted by atomic mass is 32.1. The fraction of sp³-hybridized carbons (Fsp3) is 0.189. The molecule has 4 heterocycles. The molecule has 0 saturated carbocycles. The number of nitrogens with zero attached hydrogens (tertiary/aromatic N) is 3. The summed E-state index contributed by atoms with van der Waals surface area (Å²) in [6, 6.07) is 24.3. The van der Waals surface area contributed by atoms with Crippen molar-refractivity contribution in [1.82, 2.24) is 4.98 Å². The van der Waals surface area contributed by atoms with E-state index in [0.29, 0.717) is 40.1 Å². The molecule has 2 aromatic heterocycles. The lowest BCUT2D eigenvalue weighted by Gasteiger charge is -2.32. The van der Waals surface area contributed by atoms with E-state index in [9.17, 15) is 9.59 Å². The number of carbonyl (C=O) groups excluding carboxylic acids is 2. The second kappa shape index (κ2) is 10.1. The lowest BCUT2D eigenvalue weighted by atomic mass is 9.84. The molecular weight excluding hydrogens is 598 g/mol. The fourth-order valence-corrected chi connectivity index (χ4v) is 7.82. The lowest BCUT2D eigenvalue weighted by Crippen LogP contribution is -2.53. The first-order valence-electron chi connectivity index (χ1n) is 15.2. The van der Waals surface area contributed by atoms with Crippen LogP contribution in [0.2, 0.25) is 0 Å². The second-order valence-corrected chi connectivity index (χ2v) is 12.8. The summed E-state index contributed by atoms with van der Waals surface area (Å²) in [4.78, 5) is 52.6. The molecule has 1 atom stereocenters. The van der Waals surface area contributed by atoms with Gasteiger partial charge in [0, 0.05) is 5.56 Å². The number of aryl methyl sites for hydroxylation is 3. The largest absolute Gasteiger partial charge is 0.494 e. The highest BCUT2D eigenvalue weighted by molar-refractivity contribution is 7.22. The van der Waals surface area contributed by atoms with Gasteiger partial charge in [-0.2, -0.15) is 0 Å². The Balaban J connectivity index is 1.44. The summed E-state index contributed by atoms with van der Waals surface area (Å²) in [6.45, 7) is 8.52. The topological polar surface area (TPSA) is 93.0 Å². The van der Waals surface area contributed by atoms with E-state index in [1.54, 1.807) is 17.0 Å². The molecule has 0 saturated heterocycles. The van der Waals surface area contributed by atoms with E-state index >= 15 is 4.79 Å². The number of rotatable bonds is 5. The van der Waals surface area contributed by atoms with Gasteiger partial charge in [0.15, 0.2) is 16.1 Å². The molecule has 2 aliphatic rings. The highest BCUT2D eigenvalue weighted by Gasteiger charge is 2.66. The Morgan fingerprint density at radius 3 is 2.46 bits per heavy atom. The third-order valence-corrected chi connectivity index (χ3v) is 10.2. The maximum atomic E-state index is 15.3. The van der Waals surface area contributed by atoms with Crippen LogP contribution in [0.4, 0.5) is 10.8 Å². The summed E-state index contributed by atoms with van der Waals surface area (Å²) in [6.07, 6.45) is 0. The summed E-state index contributed by atoms with van der Waals surface area (Å²) in [5, 5.41) is 0.612. The van der Waals surface area contributed by atoms with E-state index in [2.05, 4.69) is 0 Å². The number of aromatic nitrogens is 1. The predicted molar refractivity (Wildman–Crippen MR) is 179 cm³/mol. The normalized spacial score (nSPS) is 17.0. The number of hydrogen-bond donors (Lipinski definition) is 0. The zero-order valence-electron chi connectivity index (χ0n) is 25.7. The Kier molecular flexibility index (Phi) is 6.20. The molecule has 2 aliphatic heterocycles. The van der Waals surface area contributed by atoms with Crippen LogP contribution in [0.25, 0.3) is 21.2 Å². The Morgan fingerprint density at radius 2 is 1.65 bits per heavy atom. The molecule has 8 rings (SSSR count). The monoisotopic (exact) mass is 627 g/mol. The average Bonchev–Trinajstić information content (AvgIpc) is 3.65. The number of ether oxygens (including phenoxy) is 1. The number of para-hydroxylation sites is 1. The Hall–Kier alpha value is -5.28. The van der Waals surface area contributed by atoms with Crippen molar-refractivity contribution in [3.63, 3.8) is 0 Å². The van der Waals surface area contributed by atoms with Crippen molar-refractivity contribution in [2.45, 2.75) is 39.8 Å². The Labute approximate surface area is 268 Å². The molecule has 228 valence electrons. The van der Waals surface area contributed by atoms with Crippen LogP contribution < -0.4 is 20.0 Å². The second-order valence-electron chi connectivity index (χ2n) is 11.8. The lowest BCUT2D eigenvalue weighted by molar-refractivity contribution is -0.121. The standard InChI is InChI=1S/C37H29N3O5S/c1-5-44-24-14-15-27-30(18-24)46-36(38-27)40-34(42)33-31(32(41)25-16-21(3)22(4)17-29(25)45-33)37(40)26-12-8-9-13-28(26)39(35(37)43)19-23-11-7-6-10-20(23)2/h6-18H,5,19H2,1-4H3. The van der Waals surface area contributed by atoms with Crippen LogP contribution in [-0.2, 0) is 16.9 Å². The number of benzene rings is 4. The van der Waals surface area contributed by atoms with E-state index in [1.165, 1.54) is 16.2 Å². The number of carbonyl (C=O) groups is 2. The van der Waals surface area contributed by atoms with E-state index in [1.807, 2.05) is 94.4 Å². The molecule has 0 N–H and O–H groups in total. The minimum Gasteiger partial charge on any atom is -0.494 e. The van der Waals surface area contributed by atoms with Gasteiger partial charge in [-0.05, 0) is 86.3 Å². The first-order chi connectivity index (χ1) is 22.2. The van der Waals surface area contributed by atoms with Crippen molar-refractivity contribution in [2.24, 2.45) is 0 Å². The van der Waals surface area contributed by atoms with Crippen LogP contribution in [0.15, 0.2) is 88.1 Å². The molecule has 46 heavy (non-hydrogen) atoms. The molecule has 2 amide bonds. The zero-order valence-corrected chi connectivity index (χ0v) is 26.5. The van der Waals surface area contributed by atoms with Gasteiger partial charge in [0.2, 0.25) is 5.76 Å². The van der Waals surface area contributed by atoms with E-state index in [0.717, 1.165) is 27.0 Å². The van der Waals surface area contributed by atoms with Crippen LogP contribution in [0.1, 0.15) is 50.9 Å². The number of hydrogen-bond acceptors (Lipinski definition) is 7. The minimum atomic E-state index is -1.82. The maximum Gasteiger partial charge on any atom is 0.297 e. The molecule has 9 heteroatoms. The molecule has 0 aliphatic carbocycles. The summed E-state index contributed by atoms with van der Waals surface area (Å²) in [5.41, 5.74) is 3.72. The van der Waals surface area contributed by atoms with Crippen LogP contribution >= 0.6 is 11.3 Å². The highest BCUT2D eigenvalue weighted by Crippen LogP contribution is 2.55. The van der Waals surface area contributed by atoms with Gasteiger partial charge in [0.1, 0.15) is 11.3 Å². The molecule has 4 aromatic carbocycles. The van der Waals surface area contributed by atoms with Gasteiger partial charge in [0.25, 0.3) is 11.8 Å². The molecule has 8 nitrogen and oxygen atoms in total. The van der Waals surface area contributed by atoms with Gasteiger partial charge in [-0.25, -0.2) is 4.98 Å². The number of fused-ring (bicyclic) bond motifs is 6. The first kappa shape index (κ1) is 28.2. The molecule has 1 unspecified atom stereocenters. The van der Waals surface area contributed by atoms with Gasteiger partial charge >= 0.3 is 0 Å². The van der Waals surface area contributed by atoms with E-state index < -0.39 is 22.8 Å². The molecule has 6 aromatic rings. The van der Waals surface area contributed by atoms with Gasteiger partial charge in [-0.3, -0.25) is 19.3 Å². The molecule has 0 fully saturated rings. The third-order valence-electron chi connectivity index (χ3n) is 9.18. The fourth-order valence-electron chi connectivity index (χ4n) is 6.78. The van der Waals surface area contributed by atoms with E-state index in [-0.39, 0.29) is 23.0 Å². The molecular formula is C37H29N3O5S. The minimum absolute atomic E-state index is 0.0206. The van der Waals surface area contributed by atoms with Gasteiger partial charge in [0.05, 0.1) is 40.0 Å². The zero-order chi connectivity index (χ0) is 31.9. The van der Waals surface area contributed by atoms with Crippen LogP contribution in [0.5, 0.6) is 5.75 Å². The summed E-state index contributed by atoms with van der Waals surface area (Å²) in [5.74, 6) is -0.460. The number of amides is 2. The van der Waals surface area contributed by atoms with Crippen molar-refractivity contribution < 1.29 is 18.7 Å². The quantitative estimate of drug-likeness (QED) is 0.201. The van der Waals surface area contributed by atoms with Crippen molar-refractivity contribution in [1.29, 1.82) is 0 Å². The summed E-state index contributed by atoms with van der Waals surface area (Å²) in [7, 11) is 0. The number of anilines is 2. The van der Waals surface area contributed by atoms with Crippen molar-refractivity contribution >= 4 is 55.2 Å². The van der Waals surface area contributed by atoms with Crippen molar-refractivity contribution in [2.75, 3.05) is 16.4 Å². The van der Waals surface area contributed by atoms with E-state index in [4.69, 9.17) is 14.1 Å². The van der Waals surface area contributed by atoms with Crippen molar-refractivity contribution in [3.05, 3.63) is 128 Å². The predicted octanol–water partition coefficient (Wildman–Crippen LogP) is 7.18. The Bertz CT molecular complexity index is 2340. The maximum absolute atomic E-state index is 15.3. The first-order valence-corrected chi connectivity index (χ1v) is 16.0. The SMILES string of the molecule is CCOc1ccc2nc(N3C(=O)c4oc5cc(C)c(C)cc5c(=O)c4C34C(=O)N(Cc3ccccc3C)c3ccccc34)sc2c1. The summed E-state index contributed by atoms with van der Waals surface area (Å²) >= 11 is 1.27. The van der Waals surface area contributed by atoms with Crippen LogP contribution in [-0.4, -0.2) is 23.4 Å². The summed E-state index contributed by atoms with van der Waals surface area (Å²) < 4.78 is 12.8. The molecule has 0 radical (unpaired) electrons. The molecule has 0 bridgehead atoms. The Morgan fingerprint density at radius 1 is 0.891 bits per heavy atom. The van der Waals surface area contributed by atoms with Gasteiger partial charge < -0.3 is 14.1 Å². The van der Waals surface area contributed by atoms with Gasteiger partial charge in [-0.15, -0.1) is 0 Å². The molecule has 1 spiro atoms. The van der Waals surface area contributed by atoms with Crippen LogP contribution in [0, 0.1) is 20.8 Å². The van der Waals surface area contributed by atoms with Gasteiger partial charge in [-0.1, -0.05) is 53.8 Å². The smallest absolute Gasteiger partial charge is 0.297 e. The van der Waals surface area contributed by atoms with Crippen LogP contribution in [0.3, 0.4) is 0 Å². The average molecular weight is 628 g/mol. The third kappa shape index (κ3) is 3.78.